The van der Waals surface area contributed by atoms with Crippen molar-refractivity contribution < 1.29 is 0 Å². The van der Waals surface area contributed by atoms with E-state index in [2.05, 4.69) is 10.3 Å². The molecule has 0 amide bonds. The lowest BCUT2D eigenvalue weighted by Gasteiger charge is -2.14. The van der Waals surface area contributed by atoms with E-state index in [0.717, 1.165) is 4.57 Å². The average Bonchev–Trinajstić information content (AvgIpc) is 2.12. The van der Waals surface area contributed by atoms with Crippen molar-refractivity contribution in [2.45, 2.75) is 19.9 Å². The maximum absolute atomic E-state index is 11.7. The molecule has 1 heterocycles. The van der Waals surface area contributed by atoms with Crippen molar-refractivity contribution in [2.75, 3.05) is 12.4 Å². The fourth-order valence-corrected chi connectivity index (χ4v) is 1.20. The van der Waals surface area contributed by atoms with Gasteiger partial charge in [0.1, 0.15) is 0 Å². The number of nitrogens with one attached hydrogen (secondary N) is 1. The number of aromatic nitrogens is 3. The lowest BCUT2D eigenvalue weighted by Crippen LogP contribution is -2.41. The Kier molecular flexibility index (Phi) is 2.73. The van der Waals surface area contributed by atoms with Crippen LogP contribution in [0.3, 0.4) is 0 Å². The molecule has 1 N–H and O–H groups in total. The van der Waals surface area contributed by atoms with Gasteiger partial charge in [0.15, 0.2) is 0 Å². The second-order valence-corrected chi connectivity index (χ2v) is 3.27. The summed E-state index contributed by atoms with van der Waals surface area (Å²) in [5, 5.41) is 2.72. The molecule has 0 fully saturated rings. The monoisotopic (exact) mass is 198 g/mol. The number of hydrogen-bond donors (Lipinski definition) is 1. The van der Waals surface area contributed by atoms with E-state index in [1.807, 2.05) is 13.8 Å². The molecule has 6 heteroatoms. The molecule has 14 heavy (non-hydrogen) atoms. The van der Waals surface area contributed by atoms with Crippen LogP contribution in [0.1, 0.15) is 19.9 Å². The third-order valence-electron chi connectivity index (χ3n) is 1.95. The first-order valence-corrected chi connectivity index (χ1v) is 4.36. The van der Waals surface area contributed by atoms with E-state index >= 15 is 0 Å². The lowest BCUT2D eigenvalue weighted by molar-refractivity contribution is 0.522. The molecule has 0 radical (unpaired) electrons. The fourth-order valence-electron chi connectivity index (χ4n) is 1.20. The molecule has 1 aromatic heterocycles. The molecule has 0 aromatic carbocycles. The highest BCUT2D eigenvalue weighted by Crippen LogP contribution is 2.04. The van der Waals surface area contributed by atoms with Gasteiger partial charge in [0, 0.05) is 20.1 Å². The van der Waals surface area contributed by atoms with Gasteiger partial charge in [-0.25, -0.2) is 14.2 Å². The number of nitrogens with zero attached hydrogens (tertiary/aromatic N) is 3. The first-order valence-electron chi connectivity index (χ1n) is 4.36. The topological polar surface area (TPSA) is 68.9 Å². The number of anilines is 1. The minimum absolute atomic E-state index is 0.0377. The second kappa shape index (κ2) is 3.65. The van der Waals surface area contributed by atoms with Gasteiger partial charge in [-0.1, -0.05) is 0 Å². The predicted octanol–water partition coefficient (Wildman–Crippen LogP) is -0.435. The van der Waals surface area contributed by atoms with Crippen molar-refractivity contribution in [3.63, 3.8) is 0 Å². The van der Waals surface area contributed by atoms with E-state index in [0.29, 0.717) is 5.95 Å². The van der Waals surface area contributed by atoms with Gasteiger partial charge in [0.25, 0.3) is 0 Å². The smallest absolute Gasteiger partial charge is 0.354 e. The molecule has 0 aliphatic carbocycles. The Hall–Kier alpha value is -1.59. The van der Waals surface area contributed by atoms with Crippen LogP contribution < -0.4 is 16.7 Å². The standard InChI is InChI=1S/C8H14N4O2/c1-5(2)12-6(9-3)10-7(13)11(4)8(12)14/h5H,1-4H3,(H,9,10,13). The Bertz CT molecular complexity index is 444. The minimum atomic E-state index is -0.545. The summed E-state index contributed by atoms with van der Waals surface area (Å²) in [6, 6.07) is -0.0377. The molecule has 78 valence electrons. The van der Waals surface area contributed by atoms with E-state index in [1.165, 1.54) is 11.6 Å². The first-order chi connectivity index (χ1) is 6.49. The van der Waals surface area contributed by atoms with Crippen LogP contribution in [0.15, 0.2) is 9.59 Å². The van der Waals surface area contributed by atoms with Gasteiger partial charge in [-0.15, -0.1) is 0 Å². The molecule has 0 saturated carbocycles. The van der Waals surface area contributed by atoms with Crippen molar-refractivity contribution in [3.05, 3.63) is 21.0 Å². The Balaban J connectivity index is 3.62. The molecule has 0 saturated heterocycles. The molecule has 0 atom stereocenters. The van der Waals surface area contributed by atoms with Crippen molar-refractivity contribution in [2.24, 2.45) is 7.05 Å². The maximum atomic E-state index is 11.7. The Morgan fingerprint density at radius 2 is 1.93 bits per heavy atom. The normalized spacial score (nSPS) is 10.6. The van der Waals surface area contributed by atoms with Crippen LogP contribution in [0.4, 0.5) is 5.95 Å². The van der Waals surface area contributed by atoms with Crippen LogP contribution in [0, 0.1) is 0 Å². The van der Waals surface area contributed by atoms with Crippen molar-refractivity contribution in [3.8, 4) is 0 Å². The highest BCUT2D eigenvalue weighted by Gasteiger charge is 2.11. The van der Waals surface area contributed by atoms with Crippen LogP contribution in [0.25, 0.3) is 0 Å². The zero-order valence-electron chi connectivity index (χ0n) is 8.74. The molecular weight excluding hydrogens is 184 g/mol. The zero-order chi connectivity index (χ0) is 10.9. The van der Waals surface area contributed by atoms with Gasteiger partial charge >= 0.3 is 11.4 Å². The fraction of sp³-hybridized carbons (Fsp3) is 0.625. The summed E-state index contributed by atoms with van der Waals surface area (Å²) >= 11 is 0. The van der Waals surface area contributed by atoms with Crippen LogP contribution in [-0.2, 0) is 7.05 Å². The van der Waals surface area contributed by atoms with Gasteiger partial charge < -0.3 is 5.32 Å². The van der Waals surface area contributed by atoms with Crippen molar-refractivity contribution >= 4 is 5.95 Å². The Morgan fingerprint density at radius 1 is 1.36 bits per heavy atom. The summed E-state index contributed by atoms with van der Waals surface area (Å²) < 4.78 is 2.42. The molecule has 0 aliphatic heterocycles. The molecule has 0 spiro atoms. The Morgan fingerprint density at radius 3 is 2.36 bits per heavy atom. The van der Waals surface area contributed by atoms with Crippen molar-refractivity contribution in [1.82, 2.24) is 14.1 Å². The Labute approximate surface area is 81.2 Å². The van der Waals surface area contributed by atoms with Gasteiger partial charge in [0.2, 0.25) is 5.95 Å². The summed E-state index contributed by atoms with van der Waals surface area (Å²) in [6.45, 7) is 3.71. The third kappa shape index (κ3) is 1.55. The van der Waals surface area contributed by atoms with E-state index in [-0.39, 0.29) is 11.7 Å². The van der Waals surface area contributed by atoms with E-state index in [9.17, 15) is 9.59 Å². The molecule has 0 aliphatic rings. The van der Waals surface area contributed by atoms with E-state index < -0.39 is 5.69 Å². The highest BCUT2D eigenvalue weighted by atomic mass is 16.2. The average molecular weight is 198 g/mol. The molecular formula is C8H14N4O2. The second-order valence-electron chi connectivity index (χ2n) is 3.27. The number of rotatable bonds is 2. The molecule has 1 rings (SSSR count). The van der Waals surface area contributed by atoms with Crippen LogP contribution in [0.5, 0.6) is 0 Å². The van der Waals surface area contributed by atoms with Crippen LogP contribution in [0.2, 0.25) is 0 Å². The number of hydrogen-bond acceptors (Lipinski definition) is 4. The summed E-state index contributed by atoms with van der Waals surface area (Å²) in [5.74, 6) is 0.299. The highest BCUT2D eigenvalue weighted by molar-refractivity contribution is 5.22. The quantitative estimate of drug-likeness (QED) is 0.699. The zero-order valence-corrected chi connectivity index (χ0v) is 8.74. The molecule has 6 nitrogen and oxygen atoms in total. The van der Waals surface area contributed by atoms with Crippen molar-refractivity contribution in [1.29, 1.82) is 0 Å². The summed E-state index contributed by atoms with van der Waals surface area (Å²) in [5.41, 5.74) is -0.902. The predicted molar refractivity (Wildman–Crippen MR) is 53.7 cm³/mol. The van der Waals surface area contributed by atoms with Gasteiger partial charge in [0.05, 0.1) is 0 Å². The van der Waals surface area contributed by atoms with Gasteiger partial charge in [-0.3, -0.25) is 4.57 Å². The maximum Gasteiger partial charge on any atom is 0.354 e. The van der Waals surface area contributed by atoms with Crippen LogP contribution in [-0.4, -0.2) is 21.2 Å². The first kappa shape index (κ1) is 10.5. The van der Waals surface area contributed by atoms with Crippen LogP contribution >= 0.6 is 0 Å². The summed E-state index contributed by atoms with van der Waals surface area (Å²) in [7, 11) is 3.04. The molecule has 0 unspecified atom stereocenters. The lowest BCUT2D eigenvalue weighted by atomic mass is 10.4. The SMILES string of the molecule is CNc1nc(=O)n(C)c(=O)n1C(C)C. The molecule has 1 aromatic rings. The summed E-state index contributed by atoms with van der Waals surface area (Å²) in [4.78, 5) is 26.6. The van der Waals surface area contributed by atoms with Gasteiger partial charge in [-0.2, -0.15) is 4.98 Å². The van der Waals surface area contributed by atoms with Gasteiger partial charge in [-0.05, 0) is 13.8 Å². The molecule has 0 bridgehead atoms. The summed E-state index contributed by atoms with van der Waals surface area (Å²) in [6.07, 6.45) is 0. The van der Waals surface area contributed by atoms with E-state index in [1.54, 1.807) is 7.05 Å². The largest absolute Gasteiger partial charge is 0.358 e. The third-order valence-corrected chi connectivity index (χ3v) is 1.95. The van der Waals surface area contributed by atoms with E-state index in [4.69, 9.17) is 0 Å². The minimum Gasteiger partial charge on any atom is -0.358 e.